The minimum atomic E-state index is -1.79. The van der Waals surface area contributed by atoms with E-state index in [1.165, 1.54) is 59.8 Å². The maximum absolute atomic E-state index is 9.04. The molecule has 0 amide bonds. The second-order valence-corrected chi connectivity index (χ2v) is 15.9. The zero-order chi connectivity index (χ0) is 25.3. The van der Waals surface area contributed by atoms with E-state index in [4.69, 9.17) is 2.74 Å². The number of nitrogens with zero attached hydrogens (tertiary/aromatic N) is 2. The Bertz CT molecular complexity index is 2080. The van der Waals surface area contributed by atoms with Gasteiger partial charge in [0.05, 0.1) is 36.8 Å². The molecule has 0 bridgehead atoms. The van der Waals surface area contributed by atoms with E-state index in [2.05, 4.69) is 92.5 Å². The Morgan fingerprint density at radius 1 is 0.794 bits per heavy atom. The molecule has 0 atom stereocenters. The SMILES string of the molecule is [2H]c1c([2H])[n+](C)c2c3c(C)c4ccccc4c(C)c3n3c4ccccc4c4c([Si](C)(C)C)cc1c2c43. The molecule has 166 valence electrons. The first kappa shape index (κ1) is 18.0. The Hall–Kier alpha value is -3.43. The molecule has 0 radical (unpaired) electrons. The van der Waals surface area contributed by atoms with Crippen molar-refractivity contribution in [2.45, 2.75) is 33.5 Å². The van der Waals surface area contributed by atoms with Gasteiger partial charge in [0.2, 0.25) is 5.52 Å². The van der Waals surface area contributed by atoms with E-state index < -0.39 is 8.07 Å². The highest BCUT2D eigenvalue weighted by atomic mass is 28.3. The molecule has 0 saturated carbocycles. The lowest BCUT2D eigenvalue weighted by Gasteiger charge is -2.21. The van der Waals surface area contributed by atoms with Gasteiger partial charge in [-0.3, -0.25) is 0 Å². The quantitative estimate of drug-likeness (QED) is 0.107. The molecule has 7 aromatic rings. The number of benzene rings is 4. The molecule has 2 nitrogen and oxygen atoms in total. The molecule has 4 aromatic carbocycles. The van der Waals surface area contributed by atoms with Crippen LogP contribution < -0.4 is 9.75 Å². The fourth-order valence-electron chi connectivity index (χ4n) is 6.32. The van der Waals surface area contributed by atoms with Crippen molar-refractivity contribution >= 4 is 73.0 Å². The molecule has 0 fully saturated rings. The Morgan fingerprint density at radius 2 is 1.44 bits per heavy atom. The molecule has 0 saturated heterocycles. The average Bonchev–Trinajstić information content (AvgIpc) is 3.20. The Balaban J connectivity index is 2.02. The third-order valence-electron chi connectivity index (χ3n) is 7.84. The lowest BCUT2D eigenvalue weighted by Crippen LogP contribution is -2.38. The van der Waals surface area contributed by atoms with Crippen LogP contribution in [0.4, 0.5) is 0 Å². The number of pyridine rings is 2. The Labute approximate surface area is 203 Å². The highest BCUT2D eigenvalue weighted by Gasteiger charge is 2.30. The van der Waals surface area contributed by atoms with Crippen LogP contribution in [0.2, 0.25) is 19.6 Å². The summed E-state index contributed by atoms with van der Waals surface area (Å²) in [4.78, 5) is 0. The molecule has 3 aromatic heterocycles. The van der Waals surface area contributed by atoms with Crippen molar-refractivity contribution in [3.05, 3.63) is 77.9 Å². The molecule has 0 spiro atoms. The van der Waals surface area contributed by atoms with Crippen LogP contribution in [0.5, 0.6) is 0 Å². The van der Waals surface area contributed by atoms with E-state index in [0.717, 1.165) is 16.3 Å². The molecule has 0 aliphatic carbocycles. The van der Waals surface area contributed by atoms with Gasteiger partial charge in [0.25, 0.3) is 0 Å². The molecule has 7 rings (SSSR count). The fourth-order valence-corrected chi connectivity index (χ4v) is 7.90. The number of aryl methyl sites for hydroxylation is 3. The normalized spacial score (nSPS) is 13.8. The van der Waals surface area contributed by atoms with E-state index in [1.54, 1.807) is 0 Å². The van der Waals surface area contributed by atoms with Crippen LogP contribution in [0.3, 0.4) is 0 Å². The van der Waals surface area contributed by atoms with Gasteiger partial charge in [-0.25, -0.2) is 4.57 Å². The number of hydrogen-bond donors (Lipinski definition) is 0. The summed E-state index contributed by atoms with van der Waals surface area (Å²) in [5, 5.41) is 9.68. The van der Waals surface area contributed by atoms with E-state index in [0.29, 0.717) is 6.04 Å². The molecule has 0 aliphatic rings. The minimum Gasteiger partial charge on any atom is -0.307 e. The molecular weight excluding hydrogens is 428 g/mol. The van der Waals surface area contributed by atoms with Gasteiger partial charge < -0.3 is 4.40 Å². The van der Waals surface area contributed by atoms with E-state index >= 15 is 0 Å². The summed E-state index contributed by atoms with van der Waals surface area (Å²) in [5.74, 6) is 0. The molecule has 0 aliphatic heterocycles. The number of fused-ring (bicyclic) bond motifs is 7. The van der Waals surface area contributed by atoms with Gasteiger partial charge in [0.1, 0.15) is 8.42 Å². The van der Waals surface area contributed by atoms with Gasteiger partial charge in [-0.05, 0) is 52.4 Å². The van der Waals surface area contributed by atoms with Crippen molar-refractivity contribution < 1.29 is 7.31 Å². The van der Waals surface area contributed by atoms with Gasteiger partial charge in [-0.2, -0.15) is 0 Å². The van der Waals surface area contributed by atoms with Gasteiger partial charge in [-0.15, -0.1) is 0 Å². The van der Waals surface area contributed by atoms with Gasteiger partial charge in [0, 0.05) is 16.8 Å². The summed E-state index contributed by atoms with van der Waals surface area (Å²) in [6.07, 6.45) is 0.263. The van der Waals surface area contributed by atoms with Crippen molar-refractivity contribution in [1.29, 1.82) is 0 Å². The third kappa shape index (κ3) is 2.28. The van der Waals surface area contributed by atoms with Crippen molar-refractivity contribution in [1.82, 2.24) is 4.40 Å². The molecule has 3 heteroatoms. The Morgan fingerprint density at radius 3 is 2.15 bits per heavy atom. The molecule has 0 unspecified atom stereocenters. The van der Waals surface area contributed by atoms with Crippen LogP contribution in [0.1, 0.15) is 13.9 Å². The van der Waals surface area contributed by atoms with Crippen LogP contribution in [0, 0.1) is 13.8 Å². The maximum atomic E-state index is 9.04. The summed E-state index contributed by atoms with van der Waals surface area (Å²) in [6, 6.07) is 20.0. The smallest absolute Gasteiger partial charge is 0.224 e. The van der Waals surface area contributed by atoms with Crippen LogP contribution >= 0.6 is 0 Å². The minimum absolute atomic E-state index is 0.263. The number of aromatic nitrogens is 2. The third-order valence-corrected chi connectivity index (χ3v) is 9.85. The first-order valence-electron chi connectivity index (χ1n) is 13.0. The van der Waals surface area contributed by atoms with E-state index in [9.17, 15) is 0 Å². The zero-order valence-corrected chi connectivity index (χ0v) is 21.6. The second kappa shape index (κ2) is 6.37. The van der Waals surface area contributed by atoms with Crippen LogP contribution in [0.15, 0.2) is 66.8 Å². The first-order chi connectivity index (χ1) is 17.1. The van der Waals surface area contributed by atoms with Crippen molar-refractivity contribution in [3.63, 3.8) is 0 Å². The summed E-state index contributed by atoms with van der Waals surface area (Å²) < 4.78 is 22.4. The lowest BCUT2D eigenvalue weighted by atomic mass is 9.93. The van der Waals surface area contributed by atoms with E-state index in [-0.39, 0.29) is 6.17 Å². The standard InChI is InChI=1S/C31H29N2Si/c1-18-21-11-7-8-12-22(21)19(2)29-26(18)30-27-20(15-16-32(30)3)17-25(34(4,5)6)28-23-13-9-10-14-24(23)33(29)31(27)28/h7-17H,1-6H3/q+1/i15D,16D. The van der Waals surface area contributed by atoms with Crippen LogP contribution in [-0.4, -0.2) is 12.5 Å². The van der Waals surface area contributed by atoms with Gasteiger partial charge >= 0.3 is 0 Å². The predicted octanol–water partition coefficient (Wildman–Crippen LogP) is 7.13. The fraction of sp³-hybridized carbons (Fsp3) is 0.194. The lowest BCUT2D eigenvalue weighted by molar-refractivity contribution is -0.643. The number of hydrogen-bond acceptors (Lipinski definition) is 0. The second-order valence-electron chi connectivity index (χ2n) is 10.8. The Kier molecular flexibility index (Phi) is 3.36. The summed E-state index contributed by atoms with van der Waals surface area (Å²) in [5.41, 5.74) is 7.18. The molecule has 34 heavy (non-hydrogen) atoms. The highest BCUT2D eigenvalue weighted by molar-refractivity contribution is 6.91. The maximum Gasteiger partial charge on any atom is 0.224 e. The summed E-state index contributed by atoms with van der Waals surface area (Å²) >= 11 is 0. The summed E-state index contributed by atoms with van der Waals surface area (Å²) in [7, 11) is 0.167. The van der Waals surface area contributed by atoms with E-state index in [1.807, 2.05) is 11.6 Å². The van der Waals surface area contributed by atoms with Crippen LogP contribution in [0.25, 0.3) is 59.8 Å². The number of rotatable bonds is 1. The van der Waals surface area contributed by atoms with Gasteiger partial charge in [-0.1, -0.05) is 68.2 Å². The topological polar surface area (TPSA) is 8.29 Å². The first-order valence-corrected chi connectivity index (χ1v) is 15.5. The molecular formula is C31H29N2Si+. The largest absolute Gasteiger partial charge is 0.307 e. The zero-order valence-electron chi connectivity index (χ0n) is 22.6. The molecule has 3 heterocycles. The van der Waals surface area contributed by atoms with Crippen molar-refractivity contribution in [3.8, 4) is 0 Å². The van der Waals surface area contributed by atoms with Crippen molar-refractivity contribution in [2.24, 2.45) is 7.05 Å². The van der Waals surface area contributed by atoms with Crippen LogP contribution in [-0.2, 0) is 7.05 Å². The highest BCUT2D eigenvalue weighted by Crippen LogP contribution is 2.43. The number of para-hydroxylation sites is 1. The van der Waals surface area contributed by atoms with Gasteiger partial charge in [0.15, 0.2) is 6.17 Å². The predicted molar refractivity (Wildman–Crippen MR) is 150 cm³/mol. The van der Waals surface area contributed by atoms with Crippen molar-refractivity contribution in [2.75, 3.05) is 0 Å². The average molecular weight is 460 g/mol. The molecule has 0 N–H and O–H groups in total. The summed E-state index contributed by atoms with van der Waals surface area (Å²) in [6.45, 7) is 11.6. The monoisotopic (exact) mass is 459 g/mol.